The Morgan fingerprint density at radius 3 is 2.52 bits per heavy atom. The van der Waals surface area contributed by atoms with Crippen molar-refractivity contribution < 1.29 is 14.7 Å². The van der Waals surface area contributed by atoms with Gasteiger partial charge in [-0.2, -0.15) is 0 Å². The number of allylic oxidation sites excluding steroid dienone is 6. The number of carbonyl (C=O) groups excluding carboxylic acids is 1. The fourth-order valence-electron chi connectivity index (χ4n) is 4.04. The third kappa shape index (κ3) is 14.1. The molecular weight excluding hydrogens is 360 g/mol. The maximum Gasteiger partial charge on any atom is 0.303 e. The molecule has 1 saturated carbocycles. The maximum atomic E-state index is 10.5. The normalized spacial score (nSPS) is 21.2. The van der Waals surface area contributed by atoms with Gasteiger partial charge in [0.1, 0.15) is 0 Å². The second kappa shape index (κ2) is 17.2. The van der Waals surface area contributed by atoms with Gasteiger partial charge in [-0.05, 0) is 62.9 Å². The van der Waals surface area contributed by atoms with Gasteiger partial charge in [0.15, 0.2) is 5.78 Å². The van der Waals surface area contributed by atoms with Gasteiger partial charge in [0.25, 0.3) is 0 Å². The van der Waals surface area contributed by atoms with Crippen LogP contribution in [0, 0.1) is 11.8 Å². The first-order valence-electron chi connectivity index (χ1n) is 11.9. The lowest BCUT2D eigenvalue weighted by Gasteiger charge is -2.14. The molecule has 2 rings (SSSR count). The van der Waals surface area contributed by atoms with Crippen molar-refractivity contribution in [1.82, 2.24) is 0 Å². The Balaban J connectivity index is 0.000000594. The van der Waals surface area contributed by atoms with E-state index >= 15 is 0 Å². The van der Waals surface area contributed by atoms with Gasteiger partial charge in [-0.15, -0.1) is 0 Å². The van der Waals surface area contributed by atoms with E-state index in [1.807, 2.05) is 12.2 Å². The molecule has 1 fully saturated rings. The molecule has 2 aliphatic rings. The highest BCUT2D eigenvalue weighted by atomic mass is 16.4. The summed E-state index contributed by atoms with van der Waals surface area (Å²) >= 11 is 0. The summed E-state index contributed by atoms with van der Waals surface area (Å²) in [6, 6.07) is 0. The number of unbranched alkanes of at least 4 members (excludes halogenated alkanes) is 6. The molecule has 2 atom stereocenters. The van der Waals surface area contributed by atoms with E-state index in [2.05, 4.69) is 25.2 Å². The fourth-order valence-corrected chi connectivity index (χ4v) is 4.04. The lowest BCUT2D eigenvalue weighted by atomic mass is 9.92. The molecule has 1 N–H and O–H groups in total. The molecule has 0 bridgehead atoms. The molecule has 164 valence electrons. The minimum absolute atomic E-state index is 0.253. The standard InChI is InChI=1S/C21H36O2.C5H6O/c1-2-3-4-5-6-7-8-10-14-19-16-13-17-20(19)15-11-9-12-18-21(22)23;6-5-3-1-2-4-5/h9-11,14,19-20H,2-8,12-13,15-18H2,1H3,(H,22,23);1,3H,2,4H2/b11-9-,14-10+;/t19-,20-;/m0./s1. The first-order chi connectivity index (χ1) is 14.1. The van der Waals surface area contributed by atoms with Crippen molar-refractivity contribution in [2.24, 2.45) is 11.8 Å². The molecule has 0 aromatic heterocycles. The summed E-state index contributed by atoms with van der Waals surface area (Å²) in [5.74, 6) is 1.09. The summed E-state index contributed by atoms with van der Waals surface area (Å²) in [6.45, 7) is 2.27. The van der Waals surface area contributed by atoms with Crippen molar-refractivity contribution in [1.29, 1.82) is 0 Å². The molecule has 3 nitrogen and oxygen atoms in total. The van der Waals surface area contributed by atoms with Crippen LogP contribution >= 0.6 is 0 Å². The van der Waals surface area contributed by atoms with Gasteiger partial charge in [0.05, 0.1) is 0 Å². The van der Waals surface area contributed by atoms with Crippen LogP contribution in [-0.2, 0) is 9.59 Å². The highest BCUT2D eigenvalue weighted by Gasteiger charge is 2.23. The molecule has 0 spiro atoms. The van der Waals surface area contributed by atoms with E-state index in [9.17, 15) is 9.59 Å². The van der Waals surface area contributed by atoms with Crippen LogP contribution in [0.15, 0.2) is 36.5 Å². The number of ketones is 1. The van der Waals surface area contributed by atoms with E-state index in [1.165, 1.54) is 64.2 Å². The van der Waals surface area contributed by atoms with Gasteiger partial charge in [-0.3, -0.25) is 9.59 Å². The molecule has 0 amide bonds. The number of hydrogen-bond acceptors (Lipinski definition) is 2. The highest BCUT2D eigenvalue weighted by molar-refractivity contribution is 5.91. The van der Waals surface area contributed by atoms with E-state index < -0.39 is 5.97 Å². The van der Waals surface area contributed by atoms with E-state index in [0.717, 1.165) is 31.1 Å². The van der Waals surface area contributed by atoms with Crippen molar-refractivity contribution in [3.8, 4) is 0 Å². The van der Waals surface area contributed by atoms with Gasteiger partial charge >= 0.3 is 5.97 Å². The lowest BCUT2D eigenvalue weighted by molar-refractivity contribution is -0.136. The Kier molecular flexibility index (Phi) is 15.1. The molecular formula is C26H42O3. The zero-order valence-electron chi connectivity index (χ0n) is 18.5. The summed E-state index contributed by atoms with van der Waals surface area (Å²) in [6.07, 6.45) is 29.9. The number of rotatable bonds is 13. The Morgan fingerprint density at radius 2 is 1.86 bits per heavy atom. The molecule has 29 heavy (non-hydrogen) atoms. The molecule has 0 aromatic rings. The van der Waals surface area contributed by atoms with Gasteiger partial charge in [-0.25, -0.2) is 0 Å². The molecule has 3 heteroatoms. The Morgan fingerprint density at radius 1 is 1.07 bits per heavy atom. The summed E-state index contributed by atoms with van der Waals surface area (Å²) in [5.41, 5.74) is 0. The van der Waals surface area contributed by atoms with Crippen LogP contribution < -0.4 is 0 Å². The van der Waals surface area contributed by atoms with Crippen molar-refractivity contribution >= 4 is 11.8 Å². The average molecular weight is 403 g/mol. The van der Waals surface area contributed by atoms with Crippen molar-refractivity contribution in [2.75, 3.05) is 0 Å². The SMILES string of the molecule is CCCCCCCC/C=C/[C@H]1CCC[C@@H]1C/C=C\CCC(=O)O.O=C1C=CCC1. The summed E-state index contributed by atoms with van der Waals surface area (Å²) < 4.78 is 0. The van der Waals surface area contributed by atoms with Crippen molar-refractivity contribution in [3.63, 3.8) is 0 Å². The third-order valence-electron chi connectivity index (χ3n) is 5.82. The number of aliphatic carboxylic acids is 1. The topological polar surface area (TPSA) is 54.4 Å². The van der Waals surface area contributed by atoms with Gasteiger partial charge in [0, 0.05) is 12.8 Å². The average Bonchev–Trinajstić information content (AvgIpc) is 3.35. The van der Waals surface area contributed by atoms with E-state index in [0.29, 0.717) is 6.42 Å². The van der Waals surface area contributed by atoms with E-state index in [4.69, 9.17) is 5.11 Å². The van der Waals surface area contributed by atoms with Gasteiger partial charge in [-0.1, -0.05) is 75.8 Å². The summed E-state index contributed by atoms with van der Waals surface area (Å²) in [5, 5.41) is 8.62. The van der Waals surface area contributed by atoms with Crippen LogP contribution in [0.2, 0.25) is 0 Å². The molecule has 0 aliphatic heterocycles. The van der Waals surface area contributed by atoms with Crippen LogP contribution in [0.1, 0.15) is 103 Å². The third-order valence-corrected chi connectivity index (χ3v) is 5.82. The van der Waals surface area contributed by atoms with Gasteiger partial charge < -0.3 is 5.11 Å². The first kappa shape index (κ1) is 25.4. The lowest BCUT2D eigenvalue weighted by Crippen LogP contribution is -2.03. The number of carboxylic acid groups (broad SMARTS) is 1. The zero-order valence-corrected chi connectivity index (χ0v) is 18.5. The summed E-state index contributed by atoms with van der Waals surface area (Å²) in [4.78, 5) is 20.6. The minimum atomic E-state index is -0.703. The number of carbonyl (C=O) groups is 2. The van der Waals surface area contributed by atoms with Crippen molar-refractivity contribution in [2.45, 2.75) is 103 Å². The molecule has 2 aliphatic carbocycles. The molecule has 0 saturated heterocycles. The van der Waals surface area contributed by atoms with E-state index in [-0.39, 0.29) is 12.2 Å². The van der Waals surface area contributed by atoms with E-state index in [1.54, 1.807) is 6.08 Å². The minimum Gasteiger partial charge on any atom is -0.481 e. The molecule has 0 aromatic carbocycles. The second-order valence-electron chi connectivity index (χ2n) is 8.39. The van der Waals surface area contributed by atoms with Crippen LogP contribution in [0.25, 0.3) is 0 Å². The number of hydrogen-bond donors (Lipinski definition) is 1. The van der Waals surface area contributed by atoms with Crippen molar-refractivity contribution in [3.05, 3.63) is 36.5 Å². The molecule has 0 unspecified atom stereocenters. The van der Waals surface area contributed by atoms with Crippen LogP contribution in [0.5, 0.6) is 0 Å². The van der Waals surface area contributed by atoms with Crippen LogP contribution in [-0.4, -0.2) is 16.9 Å². The van der Waals surface area contributed by atoms with Gasteiger partial charge in [0.2, 0.25) is 0 Å². The number of carboxylic acids is 1. The summed E-state index contributed by atoms with van der Waals surface area (Å²) in [7, 11) is 0. The van der Waals surface area contributed by atoms with Crippen LogP contribution in [0.4, 0.5) is 0 Å². The monoisotopic (exact) mass is 402 g/mol. The predicted molar refractivity (Wildman–Crippen MR) is 122 cm³/mol. The Hall–Kier alpha value is -1.64. The largest absolute Gasteiger partial charge is 0.481 e. The smallest absolute Gasteiger partial charge is 0.303 e. The first-order valence-corrected chi connectivity index (χ1v) is 11.9. The maximum absolute atomic E-state index is 10.5. The molecule has 0 radical (unpaired) electrons. The Labute approximate surface area is 178 Å². The Bertz CT molecular complexity index is 530. The fraction of sp³-hybridized carbons (Fsp3) is 0.692. The quantitative estimate of drug-likeness (QED) is 0.257. The second-order valence-corrected chi connectivity index (χ2v) is 8.39. The van der Waals surface area contributed by atoms with Crippen LogP contribution in [0.3, 0.4) is 0 Å². The zero-order chi connectivity index (χ0) is 21.2. The highest BCUT2D eigenvalue weighted by Crippen LogP contribution is 2.35. The predicted octanol–water partition coefficient (Wildman–Crippen LogP) is 7.43. The molecule has 0 heterocycles.